The SMILES string of the molecule is N#Cc1c(-c2ccccc2F)cc(C(F)(F)F)[nH+]c1SCc1cccs1. The molecule has 0 saturated carbocycles. The Balaban J connectivity index is 2.15. The molecule has 0 atom stereocenters. The number of benzene rings is 1. The number of pyridine rings is 1. The van der Waals surface area contributed by atoms with E-state index in [0.29, 0.717) is 5.75 Å². The van der Waals surface area contributed by atoms with Crippen LogP contribution in [0.15, 0.2) is 52.9 Å². The zero-order chi connectivity index (χ0) is 18.7. The molecule has 3 aromatic rings. The molecule has 1 aromatic carbocycles. The van der Waals surface area contributed by atoms with E-state index in [0.717, 1.165) is 28.8 Å². The lowest BCUT2D eigenvalue weighted by Gasteiger charge is -2.09. The van der Waals surface area contributed by atoms with E-state index in [2.05, 4.69) is 4.98 Å². The van der Waals surface area contributed by atoms with Crippen molar-refractivity contribution in [2.45, 2.75) is 17.0 Å². The van der Waals surface area contributed by atoms with Crippen molar-refractivity contribution >= 4 is 23.1 Å². The van der Waals surface area contributed by atoms with Gasteiger partial charge in [0, 0.05) is 27.8 Å². The summed E-state index contributed by atoms with van der Waals surface area (Å²) < 4.78 is 54.0. The van der Waals surface area contributed by atoms with Crippen molar-refractivity contribution in [1.29, 1.82) is 5.26 Å². The van der Waals surface area contributed by atoms with E-state index < -0.39 is 17.7 Å². The first kappa shape index (κ1) is 18.4. The summed E-state index contributed by atoms with van der Waals surface area (Å²) in [4.78, 5) is 3.25. The van der Waals surface area contributed by atoms with E-state index in [-0.39, 0.29) is 21.7 Å². The van der Waals surface area contributed by atoms with Gasteiger partial charge in [0.25, 0.3) is 10.7 Å². The van der Waals surface area contributed by atoms with Crippen LogP contribution in [0.25, 0.3) is 11.1 Å². The number of alkyl halides is 3. The van der Waals surface area contributed by atoms with Gasteiger partial charge in [0.15, 0.2) is 0 Å². The van der Waals surface area contributed by atoms with Gasteiger partial charge in [-0.1, -0.05) is 36.0 Å². The quantitative estimate of drug-likeness (QED) is 0.429. The molecular formula is C18H11F4N2S2+. The van der Waals surface area contributed by atoms with Crippen molar-refractivity contribution in [3.8, 4) is 17.2 Å². The van der Waals surface area contributed by atoms with Crippen LogP contribution in [0, 0.1) is 17.1 Å². The van der Waals surface area contributed by atoms with E-state index in [1.807, 2.05) is 23.6 Å². The number of nitrogens with one attached hydrogen (secondary N) is 1. The largest absolute Gasteiger partial charge is 0.477 e. The van der Waals surface area contributed by atoms with Crippen LogP contribution in [0.5, 0.6) is 0 Å². The molecule has 0 bridgehead atoms. The van der Waals surface area contributed by atoms with E-state index in [9.17, 15) is 22.8 Å². The van der Waals surface area contributed by atoms with Crippen LogP contribution in [-0.2, 0) is 11.9 Å². The second-order valence-electron chi connectivity index (χ2n) is 5.26. The van der Waals surface area contributed by atoms with Crippen LogP contribution in [0.3, 0.4) is 0 Å². The molecule has 0 unspecified atom stereocenters. The molecule has 0 spiro atoms. The summed E-state index contributed by atoms with van der Waals surface area (Å²) in [5.74, 6) is -0.279. The minimum Gasteiger partial charge on any atom is -0.206 e. The second kappa shape index (κ2) is 7.48. The number of hydrogen-bond acceptors (Lipinski definition) is 3. The highest BCUT2D eigenvalue weighted by molar-refractivity contribution is 7.98. The lowest BCUT2D eigenvalue weighted by molar-refractivity contribution is -0.466. The Bertz CT molecular complexity index is 960. The topological polar surface area (TPSA) is 37.9 Å². The lowest BCUT2D eigenvalue weighted by atomic mass is 10.0. The van der Waals surface area contributed by atoms with Crippen molar-refractivity contribution in [1.82, 2.24) is 0 Å². The Hall–Kier alpha value is -2.37. The van der Waals surface area contributed by atoms with Crippen molar-refractivity contribution in [3.63, 3.8) is 0 Å². The van der Waals surface area contributed by atoms with Crippen molar-refractivity contribution in [2.75, 3.05) is 0 Å². The maximum absolute atomic E-state index is 14.2. The van der Waals surface area contributed by atoms with Gasteiger partial charge >= 0.3 is 6.18 Å². The Morgan fingerprint density at radius 3 is 2.50 bits per heavy atom. The van der Waals surface area contributed by atoms with Gasteiger partial charge in [-0.25, -0.2) is 4.39 Å². The maximum Gasteiger partial charge on any atom is 0.477 e. The molecule has 8 heteroatoms. The first-order chi connectivity index (χ1) is 12.4. The Kier molecular flexibility index (Phi) is 5.30. The maximum atomic E-state index is 14.2. The van der Waals surface area contributed by atoms with E-state index in [1.54, 1.807) is 0 Å². The number of halogens is 4. The zero-order valence-electron chi connectivity index (χ0n) is 13.1. The average molecular weight is 395 g/mol. The fraction of sp³-hybridized carbons (Fsp3) is 0.111. The number of H-pyrrole nitrogens is 1. The van der Waals surface area contributed by atoms with Gasteiger partial charge in [-0.3, -0.25) is 0 Å². The fourth-order valence-electron chi connectivity index (χ4n) is 2.36. The molecule has 0 fully saturated rings. The van der Waals surface area contributed by atoms with E-state index in [4.69, 9.17) is 0 Å². The highest BCUT2D eigenvalue weighted by Gasteiger charge is 2.40. The molecule has 3 rings (SSSR count). The molecule has 26 heavy (non-hydrogen) atoms. The van der Waals surface area contributed by atoms with Gasteiger partial charge in [0.05, 0.1) is 0 Å². The predicted octanol–water partition coefficient (Wildman–Crippen LogP) is 5.55. The second-order valence-corrected chi connectivity index (χ2v) is 7.28. The van der Waals surface area contributed by atoms with Crippen LogP contribution >= 0.6 is 23.1 Å². The van der Waals surface area contributed by atoms with Crippen LogP contribution < -0.4 is 4.98 Å². The van der Waals surface area contributed by atoms with Gasteiger partial charge in [0.2, 0.25) is 0 Å². The Morgan fingerprint density at radius 2 is 1.88 bits per heavy atom. The number of aromatic amines is 1. The minimum absolute atomic E-state index is 0.00958. The number of thioether (sulfide) groups is 1. The normalized spacial score (nSPS) is 11.3. The lowest BCUT2D eigenvalue weighted by Crippen LogP contribution is -2.24. The number of hydrogen-bond donors (Lipinski definition) is 0. The molecule has 2 aromatic heterocycles. The summed E-state index contributed by atoms with van der Waals surface area (Å²) in [5, 5.41) is 11.4. The van der Waals surface area contributed by atoms with Crippen LogP contribution in [0.4, 0.5) is 17.6 Å². The number of aromatic nitrogens is 1. The van der Waals surface area contributed by atoms with Crippen LogP contribution in [0.2, 0.25) is 0 Å². The fourth-order valence-corrected chi connectivity index (χ4v) is 4.16. The Morgan fingerprint density at radius 1 is 1.12 bits per heavy atom. The van der Waals surface area contributed by atoms with Gasteiger partial charge in [0.1, 0.15) is 17.4 Å². The summed E-state index contributed by atoms with van der Waals surface area (Å²) in [6.45, 7) is 0. The summed E-state index contributed by atoms with van der Waals surface area (Å²) in [6, 6.07) is 11.9. The number of nitrogens with zero attached hydrogens (tertiary/aromatic N) is 1. The van der Waals surface area contributed by atoms with Crippen molar-refractivity contribution < 1.29 is 22.5 Å². The molecule has 132 valence electrons. The highest BCUT2D eigenvalue weighted by Crippen LogP contribution is 2.36. The smallest absolute Gasteiger partial charge is 0.206 e. The van der Waals surface area contributed by atoms with Gasteiger partial charge in [-0.15, -0.1) is 11.3 Å². The molecule has 0 aliphatic rings. The van der Waals surface area contributed by atoms with Crippen LogP contribution in [0.1, 0.15) is 16.1 Å². The molecule has 0 radical (unpaired) electrons. The highest BCUT2D eigenvalue weighted by atomic mass is 32.2. The molecule has 0 aliphatic carbocycles. The van der Waals surface area contributed by atoms with Gasteiger partial charge in [-0.05, 0) is 17.5 Å². The number of thiophene rings is 1. The summed E-state index contributed by atoms with van der Waals surface area (Å²) in [5.41, 5.74) is -1.15. The summed E-state index contributed by atoms with van der Waals surface area (Å²) >= 11 is 2.55. The average Bonchev–Trinajstić information content (AvgIpc) is 3.12. The monoisotopic (exact) mass is 395 g/mol. The van der Waals surface area contributed by atoms with Crippen molar-refractivity contribution in [2.24, 2.45) is 0 Å². The third kappa shape index (κ3) is 3.89. The molecule has 0 amide bonds. The molecule has 2 nitrogen and oxygen atoms in total. The summed E-state index contributed by atoms with van der Waals surface area (Å²) in [6.07, 6.45) is -4.65. The van der Waals surface area contributed by atoms with Gasteiger partial charge in [-0.2, -0.15) is 23.4 Å². The molecule has 1 N–H and O–H groups in total. The van der Waals surface area contributed by atoms with E-state index >= 15 is 0 Å². The molecule has 0 saturated heterocycles. The standard InChI is InChI=1S/C18H10F4N2S2/c19-15-6-2-1-5-12(15)13-8-16(18(20,21)22)24-17(14(13)9-23)26-10-11-4-3-7-25-11/h1-8H,10H2/p+1. The zero-order valence-corrected chi connectivity index (χ0v) is 14.7. The first-order valence-electron chi connectivity index (χ1n) is 7.38. The molecule has 0 aliphatic heterocycles. The minimum atomic E-state index is -4.65. The number of nitriles is 1. The van der Waals surface area contributed by atoms with Crippen molar-refractivity contribution in [3.05, 3.63) is 69.8 Å². The Labute approximate surface area is 155 Å². The number of rotatable bonds is 4. The predicted molar refractivity (Wildman–Crippen MR) is 92.0 cm³/mol. The summed E-state index contributed by atoms with van der Waals surface area (Å²) in [7, 11) is 0. The molecule has 2 heterocycles. The third-order valence-electron chi connectivity index (χ3n) is 3.55. The van der Waals surface area contributed by atoms with Gasteiger partial charge < -0.3 is 0 Å². The molecular weight excluding hydrogens is 384 g/mol. The first-order valence-corrected chi connectivity index (χ1v) is 9.24. The third-order valence-corrected chi connectivity index (χ3v) is 5.66. The van der Waals surface area contributed by atoms with Crippen LogP contribution in [-0.4, -0.2) is 0 Å². The van der Waals surface area contributed by atoms with E-state index in [1.165, 1.54) is 29.5 Å².